The Labute approximate surface area is 125 Å². The zero-order valence-corrected chi connectivity index (χ0v) is 12.6. The summed E-state index contributed by atoms with van der Waals surface area (Å²) in [6, 6.07) is 10.9. The SMILES string of the molecule is C[C@H](NC(=O)c1cc(Cl)ccn1)c1ccc(Br)cc1. The molecule has 5 heteroatoms. The summed E-state index contributed by atoms with van der Waals surface area (Å²) < 4.78 is 1.01. The lowest BCUT2D eigenvalue weighted by Gasteiger charge is -2.14. The number of hydrogen-bond donors (Lipinski definition) is 1. The maximum absolute atomic E-state index is 12.0. The zero-order chi connectivity index (χ0) is 13.8. The number of benzene rings is 1. The molecule has 0 unspecified atom stereocenters. The molecule has 2 rings (SSSR count). The molecule has 0 fully saturated rings. The van der Waals surface area contributed by atoms with Crippen LogP contribution in [0.2, 0.25) is 5.02 Å². The summed E-state index contributed by atoms with van der Waals surface area (Å²) in [6.07, 6.45) is 1.52. The van der Waals surface area contributed by atoms with E-state index >= 15 is 0 Å². The Morgan fingerprint density at radius 1 is 1.32 bits per heavy atom. The molecule has 1 heterocycles. The second-order valence-corrected chi connectivity index (χ2v) is 5.46. The number of hydrogen-bond acceptors (Lipinski definition) is 2. The molecule has 0 aliphatic heterocycles. The van der Waals surface area contributed by atoms with Gasteiger partial charge in [0, 0.05) is 15.7 Å². The van der Waals surface area contributed by atoms with E-state index in [-0.39, 0.29) is 11.9 Å². The maximum atomic E-state index is 12.0. The minimum absolute atomic E-state index is 0.0959. The van der Waals surface area contributed by atoms with Gasteiger partial charge in [0.25, 0.3) is 5.91 Å². The number of aromatic nitrogens is 1. The molecule has 1 aromatic carbocycles. The lowest BCUT2D eigenvalue weighted by atomic mass is 10.1. The van der Waals surface area contributed by atoms with E-state index in [2.05, 4.69) is 26.2 Å². The van der Waals surface area contributed by atoms with Crippen molar-refractivity contribution in [2.45, 2.75) is 13.0 Å². The molecule has 0 saturated heterocycles. The molecule has 1 amide bonds. The number of nitrogens with one attached hydrogen (secondary N) is 1. The van der Waals surface area contributed by atoms with Crippen molar-refractivity contribution >= 4 is 33.4 Å². The van der Waals surface area contributed by atoms with Gasteiger partial charge in [-0.25, -0.2) is 0 Å². The van der Waals surface area contributed by atoms with Crippen molar-refractivity contribution in [1.29, 1.82) is 0 Å². The second-order valence-electron chi connectivity index (χ2n) is 4.11. The molecule has 1 atom stereocenters. The van der Waals surface area contributed by atoms with Crippen LogP contribution < -0.4 is 5.32 Å². The number of amides is 1. The van der Waals surface area contributed by atoms with Crippen LogP contribution in [-0.4, -0.2) is 10.9 Å². The fraction of sp³-hybridized carbons (Fsp3) is 0.143. The third-order valence-electron chi connectivity index (χ3n) is 2.67. The molecule has 0 saturated carbocycles. The van der Waals surface area contributed by atoms with E-state index in [9.17, 15) is 4.79 Å². The molecular formula is C14H12BrClN2O. The van der Waals surface area contributed by atoms with E-state index in [0.29, 0.717) is 10.7 Å². The average Bonchev–Trinajstić information content (AvgIpc) is 2.39. The van der Waals surface area contributed by atoms with Crippen LogP contribution in [0, 0.1) is 0 Å². The summed E-state index contributed by atoms with van der Waals surface area (Å²) >= 11 is 9.21. The summed E-state index contributed by atoms with van der Waals surface area (Å²) in [5.41, 5.74) is 1.34. The second kappa shape index (κ2) is 6.17. The highest BCUT2D eigenvalue weighted by atomic mass is 79.9. The first-order valence-electron chi connectivity index (χ1n) is 5.74. The smallest absolute Gasteiger partial charge is 0.270 e. The Hall–Kier alpha value is -1.39. The first-order valence-corrected chi connectivity index (χ1v) is 6.91. The van der Waals surface area contributed by atoms with E-state index in [1.807, 2.05) is 31.2 Å². The minimum atomic E-state index is -0.238. The Morgan fingerprint density at radius 2 is 2.00 bits per heavy atom. The summed E-state index contributed by atoms with van der Waals surface area (Å²) in [7, 11) is 0. The van der Waals surface area contributed by atoms with Crippen LogP contribution in [0.3, 0.4) is 0 Å². The molecule has 0 aliphatic rings. The third-order valence-corrected chi connectivity index (χ3v) is 3.44. The van der Waals surface area contributed by atoms with Gasteiger partial charge in [0.1, 0.15) is 5.69 Å². The highest BCUT2D eigenvalue weighted by molar-refractivity contribution is 9.10. The van der Waals surface area contributed by atoms with Gasteiger partial charge in [-0.1, -0.05) is 39.7 Å². The lowest BCUT2D eigenvalue weighted by Crippen LogP contribution is -2.27. The molecule has 1 N–H and O–H groups in total. The third kappa shape index (κ3) is 3.78. The number of pyridine rings is 1. The Bertz CT molecular complexity index is 586. The van der Waals surface area contributed by atoms with Gasteiger partial charge in [-0.05, 0) is 36.8 Å². The van der Waals surface area contributed by atoms with E-state index in [1.54, 1.807) is 12.1 Å². The summed E-state index contributed by atoms with van der Waals surface area (Å²) in [4.78, 5) is 16.0. The van der Waals surface area contributed by atoms with Crippen LogP contribution in [0.4, 0.5) is 0 Å². The van der Waals surface area contributed by atoms with Crippen molar-refractivity contribution < 1.29 is 4.79 Å². The molecule has 2 aromatic rings. The predicted molar refractivity (Wildman–Crippen MR) is 79.3 cm³/mol. The average molecular weight is 340 g/mol. The molecule has 0 bridgehead atoms. The number of halogens is 2. The van der Waals surface area contributed by atoms with E-state index in [0.717, 1.165) is 10.0 Å². The summed E-state index contributed by atoms with van der Waals surface area (Å²) in [6.45, 7) is 1.92. The number of nitrogens with zero attached hydrogens (tertiary/aromatic N) is 1. The number of rotatable bonds is 3. The fourth-order valence-electron chi connectivity index (χ4n) is 1.63. The molecule has 3 nitrogen and oxygen atoms in total. The molecule has 1 aromatic heterocycles. The molecule has 0 spiro atoms. The Balaban J connectivity index is 2.08. The van der Waals surface area contributed by atoms with Crippen LogP contribution in [0.5, 0.6) is 0 Å². The van der Waals surface area contributed by atoms with Gasteiger partial charge in [0.05, 0.1) is 6.04 Å². The Kier molecular flexibility index (Phi) is 4.56. The minimum Gasteiger partial charge on any atom is -0.344 e. The van der Waals surface area contributed by atoms with E-state index in [1.165, 1.54) is 6.20 Å². The van der Waals surface area contributed by atoms with Gasteiger partial charge in [-0.2, -0.15) is 0 Å². The first kappa shape index (κ1) is 14.0. The maximum Gasteiger partial charge on any atom is 0.270 e. The van der Waals surface area contributed by atoms with Gasteiger partial charge in [0.2, 0.25) is 0 Å². The van der Waals surface area contributed by atoms with Crippen LogP contribution >= 0.6 is 27.5 Å². The Morgan fingerprint density at radius 3 is 2.63 bits per heavy atom. The van der Waals surface area contributed by atoms with E-state index in [4.69, 9.17) is 11.6 Å². The van der Waals surface area contributed by atoms with E-state index < -0.39 is 0 Å². The standard InChI is InChI=1S/C14H12BrClN2O/c1-9(10-2-4-11(15)5-3-10)18-14(19)13-8-12(16)6-7-17-13/h2-9H,1H3,(H,18,19)/t9-/m0/s1. The normalized spacial score (nSPS) is 11.9. The molecule has 0 radical (unpaired) electrons. The van der Waals surface area contributed by atoms with Crippen LogP contribution in [-0.2, 0) is 0 Å². The molecule has 0 aliphatic carbocycles. The van der Waals surface area contributed by atoms with Crippen molar-refractivity contribution in [3.05, 3.63) is 63.3 Å². The van der Waals surface area contributed by atoms with Crippen molar-refractivity contribution in [3.8, 4) is 0 Å². The van der Waals surface area contributed by atoms with Gasteiger partial charge < -0.3 is 5.32 Å². The van der Waals surface area contributed by atoms with Gasteiger partial charge in [-0.3, -0.25) is 9.78 Å². The first-order chi connectivity index (χ1) is 9.06. The largest absolute Gasteiger partial charge is 0.344 e. The van der Waals surface area contributed by atoms with Gasteiger partial charge in [-0.15, -0.1) is 0 Å². The highest BCUT2D eigenvalue weighted by Gasteiger charge is 2.12. The van der Waals surface area contributed by atoms with Gasteiger partial charge in [0.15, 0.2) is 0 Å². The lowest BCUT2D eigenvalue weighted by molar-refractivity contribution is 0.0935. The topological polar surface area (TPSA) is 42.0 Å². The molecular weight excluding hydrogens is 328 g/mol. The van der Waals surface area contributed by atoms with Crippen molar-refractivity contribution in [2.75, 3.05) is 0 Å². The highest BCUT2D eigenvalue weighted by Crippen LogP contribution is 2.17. The van der Waals surface area contributed by atoms with Crippen molar-refractivity contribution in [3.63, 3.8) is 0 Å². The summed E-state index contributed by atoms with van der Waals surface area (Å²) in [5.74, 6) is -0.238. The monoisotopic (exact) mass is 338 g/mol. The van der Waals surface area contributed by atoms with Crippen LogP contribution in [0.1, 0.15) is 29.0 Å². The summed E-state index contributed by atoms with van der Waals surface area (Å²) in [5, 5.41) is 3.38. The fourth-order valence-corrected chi connectivity index (χ4v) is 2.06. The molecule has 19 heavy (non-hydrogen) atoms. The van der Waals surface area contributed by atoms with Crippen LogP contribution in [0.25, 0.3) is 0 Å². The molecule has 98 valence electrons. The zero-order valence-electron chi connectivity index (χ0n) is 10.2. The van der Waals surface area contributed by atoms with Crippen LogP contribution in [0.15, 0.2) is 47.1 Å². The van der Waals surface area contributed by atoms with Crippen molar-refractivity contribution in [1.82, 2.24) is 10.3 Å². The number of carbonyl (C=O) groups excluding carboxylic acids is 1. The quantitative estimate of drug-likeness (QED) is 0.918. The van der Waals surface area contributed by atoms with Gasteiger partial charge >= 0.3 is 0 Å². The predicted octanol–water partition coefficient (Wildman–Crippen LogP) is 3.99. The number of carbonyl (C=O) groups is 1. The van der Waals surface area contributed by atoms with Crippen molar-refractivity contribution in [2.24, 2.45) is 0 Å².